The first-order valence-corrected chi connectivity index (χ1v) is 18.7. The second-order valence-corrected chi connectivity index (χ2v) is 16.1. The van der Waals surface area contributed by atoms with E-state index in [-0.39, 0.29) is 56.0 Å². The van der Waals surface area contributed by atoms with Crippen molar-refractivity contribution in [1.82, 2.24) is 9.80 Å². The second-order valence-electron chi connectivity index (χ2n) is 16.1. The zero-order valence-corrected chi connectivity index (χ0v) is 33.7. The van der Waals surface area contributed by atoms with Crippen molar-refractivity contribution in [1.29, 1.82) is 0 Å². The van der Waals surface area contributed by atoms with Crippen LogP contribution in [0, 0.1) is 0 Å². The normalized spacial score (nSPS) is 18.2. The van der Waals surface area contributed by atoms with E-state index >= 15 is 19.2 Å². The molecule has 14 heteroatoms. The summed E-state index contributed by atoms with van der Waals surface area (Å²) in [5.74, 6) is -7.49. The highest BCUT2D eigenvalue weighted by molar-refractivity contribution is 6.41. The molecule has 0 radical (unpaired) electrons. The molecule has 2 heterocycles. The average molecular weight is 809 g/mol. The van der Waals surface area contributed by atoms with Gasteiger partial charge in [-0.1, -0.05) is 36.4 Å². The number of carbonyl (C=O) groups excluding carboxylic acids is 8. The summed E-state index contributed by atoms with van der Waals surface area (Å²) >= 11 is 0. The molecule has 2 amide bonds. The van der Waals surface area contributed by atoms with Gasteiger partial charge in [-0.25, -0.2) is 9.59 Å². The van der Waals surface area contributed by atoms with Crippen molar-refractivity contribution in [2.75, 3.05) is 28.2 Å². The first kappa shape index (κ1) is 39.4. The molecule has 3 aliphatic carbocycles. The second kappa shape index (κ2) is 13.5. The average Bonchev–Trinajstić information content (AvgIpc) is 3.19. The first-order valence-electron chi connectivity index (χ1n) is 18.7. The minimum absolute atomic E-state index is 0.197. The molecule has 0 saturated heterocycles. The van der Waals surface area contributed by atoms with Gasteiger partial charge in [0.2, 0.25) is 11.6 Å². The largest absolute Gasteiger partial charge is 0.483 e. The Morgan fingerprint density at radius 1 is 0.483 bits per heavy atom. The van der Waals surface area contributed by atoms with Crippen LogP contribution in [0.25, 0.3) is 12.2 Å². The number of allylic oxidation sites excluding steroid dienone is 6. The number of ether oxygens (including phenoxy) is 4. The SMILES string of the molecule is CN(C)C(=O)OC1=C(C2=C(C3=C(OC(=O)N(C)C)C(=O)c4c(ccc5c4C=CC(C)(C)O5)C3=O)C(=O)c3ccccc3C2=O)C(=O)c2ccc3c(c2C1=O)C=CC(C)(C)O3. The molecule has 0 spiro atoms. The van der Waals surface area contributed by atoms with E-state index in [9.17, 15) is 19.2 Å². The van der Waals surface area contributed by atoms with Crippen molar-refractivity contribution in [2.24, 2.45) is 0 Å². The predicted octanol–water partition coefficient (Wildman–Crippen LogP) is 6.79. The minimum atomic E-state index is -1.12. The van der Waals surface area contributed by atoms with Crippen LogP contribution in [0.1, 0.15) is 101 Å². The summed E-state index contributed by atoms with van der Waals surface area (Å²) in [6.45, 7) is 7.14. The molecule has 60 heavy (non-hydrogen) atoms. The van der Waals surface area contributed by atoms with E-state index in [0.717, 1.165) is 9.80 Å². The van der Waals surface area contributed by atoms with Crippen LogP contribution in [-0.4, -0.2) is 96.1 Å². The molecule has 3 aromatic rings. The number of nitrogens with zero attached hydrogens (tertiary/aromatic N) is 2. The summed E-state index contributed by atoms with van der Waals surface area (Å²) in [6.07, 6.45) is 4.28. The molecule has 5 aliphatic rings. The van der Waals surface area contributed by atoms with Crippen molar-refractivity contribution in [3.8, 4) is 11.5 Å². The zero-order valence-electron chi connectivity index (χ0n) is 33.7. The topological polar surface area (TPSA) is 180 Å². The van der Waals surface area contributed by atoms with E-state index in [1.54, 1.807) is 52.0 Å². The fraction of sp³-hybridized carbons (Fsp3) is 0.217. The molecular formula is C46H36N2O12. The summed E-state index contributed by atoms with van der Waals surface area (Å²) in [7, 11) is 5.29. The highest BCUT2D eigenvalue weighted by atomic mass is 16.6. The number of hydrogen-bond donors (Lipinski definition) is 0. The van der Waals surface area contributed by atoms with Crippen molar-refractivity contribution in [3.05, 3.63) is 139 Å². The van der Waals surface area contributed by atoms with Crippen LogP contribution < -0.4 is 9.47 Å². The third-order valence-electron chi connectivity index (χ3n) is 10.5. The van der Waals surface area contributed by atoms with Gasteiger partial charge in [0.05, 0.1) is 11.1 Å². The van der Waals surface area contributed by atoms with Crippen LogP contribution >= 0.6 is 0 Å². The quantitative estimate of drug-likeness (QED) is 0.270. The van der Waals surface area contributed by atoms with E-state index in [1.807, 2.05) is 0 Å². The molecule has 3 aromatic carbocycles. The lowest BCUT2D eigenvalue weighted by Gasteiger charge is -2.32. The van der Waals surface area contributed by atoms with Gasteiger partial charge in [0.15, 0.2) is 34.7 Å². The van der Waals surface area contributed by atoms with E-state index in [2.05, 4.69) is 0 Å². The molecule has 2 aliphatic heterocycles. The van der Waals surface area contributed by atoms with Gasteiger partial charge in [-0.05, 0) is 64.1 Å². The molecule has 302 valence electrons. The summed E-state index contributed by atoms with van der Waals surface area (Å²) in [5.41, 5.74) is -5.78. The molecule has 0 unspecified atom stereocenters. The number of rotatable bonds is 4. The first-order chi connectivity index (χ1) is 28.2. The van der Waals surface area contributed by atoms with Crippen LogP contribution in [-0.2, 0) is 9.47 Å². The summed E-state index contributed by atoms with van der Waals surface area (Å²) in [4.78, 5) is 118. The Bertz CT molecular complexity index is 2620. The Labute approximate surface area is 343 Å². The number of amides is 2. The maximum absolute atomic E-state index is 15.1. The zero-order chi connectivity index (χ0) is 43.3. The fourth-order valence-corrected chi connectivity index (χ4v) is 7.57. The van der Waals surface area contributed by atoms with Crippen LogP contribution in [0.3, 0.4) is 0 Å². The van der Waals surface area contributed by atoms with Crippen molar-refractivity contribution in [2.45, 2.75) is 38.9 Å². The molecule has 0 atom stereocenters. The fourth-order valence-electron chi connectivity index (χ4n) is 7.57. The monoisotopic (exact) mass is 808 g/mol. The standard InChI is InChI=1S/C46H36N2O12/c1-45(2)19-17-23-27(59-45)15-13-25-29(23)39(53)41(57-43(55)47(5)6)33(37(25)51)31-32(36(50)22-12-10-9-11-21(22)35(31)49)34-38(52)26-14-16-28-24(18-20-46(3,4)60-28)30(26)40(54)42(34)58-44(56)48(7)8/h9-20H,1-8H3. The molecule has 14 nitrogen and oxygen atoms in total. The van der Waals surface area contributed by atoms with E-state index in [4.69, 9.17) is 18.9 Å². The van der Waals surface area contributed by atoms with Gasteiger partial charge >= 0.3 is 12.2 Å². The van der Waals surface area contributed by atoms with Crippen molar-refractivity contribution >= 4 is 59.0 Å². The maximum Gasteiger partial charge on any atom is 0.414 e. The predicted molar refractivity (Wildman–Crippen MR) is 214 cm³/mol. The highest BCUT2D eigenvalue weighted by Crippen LogP contribution is 2.47. The molecular weight excluding hydrogens is 773 g/mol. The Morgan fingerprint density at radius 2 is 0.833 bits per heavy atom. The van der Waals surface area contributed by atoms with Crippen LogP contribution in [0.5, 0.6) is 11.5 Å². The van der Waals surface area contributed by atoms with Gasteiger partial charge in [-0.2, -0.15) is 0 Å². The summed E-state index contributed by atoms with van der Waals surface area (Å²) in [5, 5.41) is 0. The highest BCUT2D eigenvalue weighted by Gasteiger charge is 2.49. The van der Waals surface area contributed by atoms with Gasteiger partial charge in [0.1, 0.15) is 22.7 Å². The lowest BCUT2D eigenvalue weighted by atomic mass is 9.71. The van der Waals surface area contributed by atoms with Gasteiger partial charge in [-0.3, -0.25) is 28.8 Å². The van der Waals surface area contributed by atoms with Crippen molar-refractivity contribution in [3.63, 3.8) is 0 Å². The summed E-state index contributed by atoms with van der Waals surface area (Å²) in [6, 6.07) is 11.1. The lowest BCUT2D eigenvalue weighted by molar-refractivity contribution is 0.0869. The molecule has 0 aromatic heterocycles. The number of hydrogen-bond acceptors (Lipinski definition) is 12. The molecule has 8 rings (SSSR count). The lowest BCUT2D eigenvalue weighted by Crippen LogP contribution is -2.37. The van der Waals surface area contributed by atoms with Crippen LogP contribution in [0.15, 0.2) is 94.5 Å². The number of fused-ring (bicyclic) bond motifs is 7. The van der Waals surface area contributed by atoms with E-state index in [0.29, 0.717) is 0 Å². The van der Waals surface area contributed by atoms with Gasteiger partial charge in [0.25, 0.3) is 0 Å². The van der Waals surface area contributed by atoms with Crippen molar-refractivity contribution < 1.29 is 57.3 Å². The third-order valence-corrected chi connectivity index (χ3v) is 10.5. The van der Waals surface area contributed by atoms with Crippen LogP contribution in [0.2, 0.25) is 0 Å². The van der Waals surface area contributed by atoms with Crippen LogP contribution in [0.4, 0.5) is 9.59 Å². The third kappa shape index (κ3) is 6.01. The van der Waals surface area contributed by atoms with Gasteiger partial charge < -0.3 is 28.7 Å². The molecule has 0 bridgehead atoms. The Balaban J connectivity index is 1.48. The van der Waals surface area contributed by atoms with Gasteiger partial charge in [0, 0.05) is 83.8 Å². The number of carbonyl (C=O) groups is 8. The van der Waals surface area contributed by atoms with E-state index < -0.39 is 91.9 Å². The van der Waals surface area contributed by atoms with Gasteiger partial charge in [-0.15, -0.1) is 0 Å². The number of ketones is 6. The Kier molecular flexibility index (Phi) is 8.88. The summed E-state index contributed by atoms with van der Waals surface area (Å²) < 4.78 is 23.4. The Hall–Kier alpha value is -7.48. The maximum atomic E-state index is 15.1. The molecule has 0 fully saturated rings. The Morgan fingerprint density at radius 3 is 1.18 bits per heavy atom. The molecule has 0 N–H and O–H groups in total. The minimum Gasteiger partial charge on any atom is -0.483 e. The number of Topliss-reactive ketones (excluding diaryl/α,β-unsaturated/α-hetero) is 6. The molecule has 0 saturated carbocycles. The smallest absolute Gasteiger partial charge is 0.414 e. The number of benzene rings is 3. The van der Waals surface area contributed by atoms with E-state index in [1.165, 1.54) is 76.7 Å².